The number of nitrogens with one attached hydrogen (secondary N) is 1. The minimum absolute atomic E-state index is 0.000952. The molecule has 3 rings (SSSR count). The van der Waals surface area contributed by atoms with E-state index in [1.54, 1.807) is 6.20 Å². The van der Waals surface area contributed by atoms with Crippen LogP contribution in [0.2, 0.25) is 0 Å². The second-order valence-corrected chi connectivity index (χ2v) is 7.50. The van der Waals surface area contributed by atoms with Gasteiger partial charge in [-0.15, -0.1) is 0 Å². The molecule has 24 heavy (non-hydrogen) atoms. The Labute approximate surface area is 144 Å². The van der Waals surface area contributed by atoms with Crippen LogP contribution in [0.3, 0.4) is 0 Å². The number of amides is 1. The number of rotatable bonds is 5. The molecule has 134 valence electrons. The fourth-order valence-corrected chi connectivity index (χ4v) is 3.78. The third-order valence-corrected chi connectivity index (χ3v) is 5.31. The van der Waals surface area contributed by atoms with E-state index in [2.05, 4.69) is 36.1 Å². The lowest BCUT2D eigenvalue weighted by Gasteiger charge is -2.36. The van der Waals surface area contributed by atoms with Gasteiger partial charge < -0.3 is 10.1 Å². The summed E-state index contributed by atoms with van der Waals surface area (Å²) >= 11 is 0. The van der Waals surface area contributed by atoms with Gasteiger partial charge in [0.1, 0.15) is 0 Å². The molecular weight excluding hydrogens is 304 g/mol. The number of nitrogens with zero attached hydrogens (tertiary/aromatic N) is 3. The molecule has 0 bridgehead atoms. The van der Waals surface area contributed by atoms with Crippen LogP contribution in [-0.4, -0.2) is 58.5 Å². The van der Waals surface area contributed by atoms with Gasteiger partial charge in [0.2, 0.25) is 0 Å². The molecule has 0 aliphatic carbocycles. The van der Waals surface area contributed by atoms with Crippen molar-refractivity contribution in [2.75, 3.05) is 19.7 Å². The van der Waals surface area contributed by atoms with Gasteiger partial charge in [-0.25, -0.2) is 0 Å². The van der Waals surface area contributed by atoms with Gasteiger partial charge >= 0.3 is 0 Å². The number of morpholine rings is 1. The van der Waals surface area contributed by atoms with Crippen molar-refractivity contribution in [2.45, 2.75) is 65.3 Å². The second kappa shape index (κ2) is 7.23. The van der Waals surface area contributed by atoms with Crippen LogP contribution in [0.1, 0.15) is 49.7 Å². The molecule has 3 heterocycles. The van der Waals surface area contributed by atoms with Gasteiger partial charge in [-0.1, -0.05) is 20.8 Å². The summed E-state index contributed by atoms with van der Waals surface area (Å²) in [6.07, 6.45) is 3.99. The summed E-state index contributed by atoms with van der Waals surface area (Å²) in [6, 6.07) is 0.639. The molecule has 6 heteroatoms. The number of fused-ring (bicyclic) bond motifs is 1. The van der Waals surface area contributed by atoms with Crippen LogP contribution < -0.4 is 5.32 Å². The Morgan fingerprint density at radius 1 is 1.46 bits per heavy atom. The van der Waals surface area contributed by atoms with Crippen molar-refractivity contribution in [3.05, 3.63) is 17.5 Å². The minimum Gasteiger partial charge on any atom is -0.375 e. The monoisotopic (exact) mass is 334 g/mol. The fraction of sp³-hybridized carbons (Fsp3) is 0.778. The van der Waals surface area contributed by atoms with Crippen LogP contribution in [0.25, 0.3) is 0 Å². The normalized spacial score (nSPS) is 27.5. The van der Waals surface area contributed by atoms with Crippen LogP contribution in [-0.2, 0) is 11.3 Å². The molecule has 2 saturated heterocycles. The first kappa shape index (κ1) is 17.4. The Bertz CT molecular complexity index is 584. The second-order valence-electron chi connectivity index (χ2n) is 7.50. The summed E-state index contributed by atoms with van der Waals surface area (Å²) in [7, 11) is 0. The predicted octanol–water partition coefficient (Wildman–Crippen LogP) is 1.83. The molecule has 3 atom stereocenters. The van der Waals surface area contributed by atoms with Crippen molar-refractivity contribution >= 4 is 5.91 Å². The molecule has 1 amide bonds. The van der Waals surface area contributed by atoms with Crippen LogP contribution in [0.15, 0.2) is 6.20 Å². The number of hydrogen-bond acceptors (Lipinski definition) is 4. The molecule has 2 aliphatic rings. The van der Waals surface area contributed by atoms with Gasteiger partial charge in [-0.3, -0.25) is 14.4 Å². The zero-order chi connectivity index (χ0) is 17.3. The van der Waals surface area contributed by atoms with E-state index in [0.717, 1.165) is 44.8 Å². The van der Waals surface area contributed by atoms with E-state index < -0.39 is 0 Å². The van der Waals surface area contributed by atoms with E-state index in [1.807, 2.05) is 11.6 Å². The zero-order valence-corrected chi connectivity index (χ0v) is 15.3. The van der Waals surface area contributed by atoms with Gasteiger partial charge in [0.25, 0.3) is 5.91 Å². The summed E-state index contributed by atoms with van der Waals surface area (Å²) in [5, 5.41) is 7.53. The fourth-order valence-electron chi connectivity index (χ4n) is 3.78. The molecule has 2 fully saturated rings. The Balaban J connectivity index is 1.58. The lowest BCUT2D eigenvalue weighted by molar-refractivity contribution is -0.0683. The number of aryl methyl sites for hydroxylation is 1. The van der Waals surface area contributed by atoms with E-state index in [-0.39, 0.29) is 11.9 Å². The van der Waals surface area contributed by atoms with E-state index >= 15 is 0 Å². The highest BCUT2D eigenvalue weighted by atomic mass is 16.5. The smallest absolute Gasteiger partial charge is 0.255 e. The van der Waals surface area contributed by atoms with E-state index in [1.165, 1.54) is 0 Å². The number of aromatic nitrogens is 2. The molecule has 6 nitrogen and oxygen atoms in total. The van der Waals surface area contributed by atoms with Crippen LogP contribution in [0.5, 0.6) is 0 Å². The van der Waals surface area contributed by atoms with Gasteiger partial charge in [0.15, 0.2) is 0 Å². The van der Waals surface area contributed by atoms with Crippen molar-refractivity contribution in [1.29, 1.82) is 0 Å². The average molecular weight is 334 g/mol. The minimum atomic E-state index is 0.000952. The van der Waals surface area contributed by atoms with Gasteiger partial charge in [0.05, 0.1) is 24.5 Å². The Morgan fingerprint density at radius 2 is 2.25 bits per heavy atom. The molecule has 1 N–H and O–H groups in total. The molecular formula is C18H30N4O2. The third-order valence-electron chi connectivity index (χ3n) is 5.31. The highest BCUT2D eigenvalue weighted by Gasteiger charge is 2.38. The average Bonchev–Trinajstić information content (AvgIpc) is 3.10. The standard InChI is InChI=1S/C18H30N4O2/c1-5-6-22-13(4)16(8-19-22)18(23)20-14-7-15-11-24-17(12(2)3)10-21(15)9-14/h8,12,14-15,17H,5-7,9-11H2,1-4H3,(H,20,23)/t14-,15-,17+/m0/s1. The highest BCUT2D eigenvalue weighted by molar-refractivity contribution is 5.95. The maximum Gasteiger partial charge on any atom is 0.255 e. The molecule has 0 aromatic carbocycles. The SMILES string of the molecule is CCCn1ncc(C(=O)N[C@H]2C[C@H]3CO[C@@H](C(C)C)CN3C2)c1C. The van der Waals surface area contributed by atoms with Crippen LogP contribution in [0, 0.1) is 12.8 Å². The van der Waals surface area contributed by atoms with Gasteiger partial charge in [-0.05, 0) is 25.7 Å². The Hall–Kier alpha value is -1.40. The summed E-state index contributed by atoms with van der Waals surface area (Å²) in [5.74, 6) is 0.535. The van der Waals surface area contributed by atoms with E-state index in [4.69, 9.17) is 4.74 Å². The van der Waals surface area contributed by atoms with Crippen molar-refractivity contribution in [2.24, 2.45) is 5.92 Å². The highest BCUT2D eigenvalue weighted by Crippen LogP contribution is 2.26. The van der Waals surface area contributed by atoms with E-state index in [0.29, 0.717) is 23.6 Å². The first-order valence-electron chi connectivity index (χ1n) is 9.18. The van der Waals surface area contributed by atoms with Crippen molar-refractivity contribution in [3.63, 3.8) is 0 Å². The molecule has 0 spiro atoms. The van der Waals surface area contributed by atoms with Crippen molar-refractivity contribution in [1.82, 2.24) is 20.0 Å². The number of ether oxygens (including phenoxy) is 1. The number of carbonyl (C=O) groups excluding carboxylic acids is 1. The molecule has 1 aromatic heterocycles. The van der Waals surface area contributed by atoms with Crippen molar-refractivity contribution < 1.29 is 9.53 Å². The first-order chi connectivity index (χ1) is 11.5. The predicted molar refractivity (Wildman–Crippen MR) is 93.1 cm³/mol. The van der Waals surface area contributed by atoms with Gasteiger partial charge in [-0.2, -0.15) is 5.10 Å². The number of hydrogen-bond donors (Lipinski definition) is 1. The largest absolute Gasteiger partial charge is 0.375 e. The van der Waals surface area contributed by atoms with Gasteiger partial charge in [0, 0.05) is 37.4 Å². The van der Waals surface area contributed by atoms with Crippen molar-refractivity contribution in [3.8, 4) is 0 Å². The Kier molecular flexibility index (Phi) is 5.25. The van der Waals surface area contributed by atoms with Crippen LogP contribution in [0.4, 0.5) is 0 Å². The van der Waals surface area contributed by atoms with Crippen LogP contribution >= 0.6 is 0 Å². The quantitative estimate of drug-likeness (QED) is 0.892. The topological polar surface area (TPSA) is 59.4 Å². The number of carbonyl (C=O) groups is 1. The molecule has 0 radical (unpaired) electrons. The lowest BCUT2D eigenvalue weighted by atomic mass is 10.0. The maximum atomic E-state index is 12.6. The van der Waals surface area contributed by atoms with E-state index in [9.17, 15) is 4.79 Å². The molecule has 0 unspecified atom stereocenters. The lowest BCUT2D eigenvalue weighted by Crippen LogP contribution is -2.48. The Morgan fingerprint density at radius 3 is 2.96 bits per heavy atom. The molecule has 2 aliphatic heterocycles. The molecule has 1 aromatic rings. The maximum absolute atomic E-state index is 12.6. The third kappa shape index (κ3) is 3.49. The molecule has 0 saturated carbocycles. The summed E-state index contributed by atoms with van der Waals surface area (Å²) in [5.41, 5.74) is 1.65. The summed E-state index contributed by atoms with van der Waals surface area (Å²) < 4.78 is 7.88. The zero-order valence-electron chi connectivity index (χ0n) is 15.3. The first-order valence-corrected chi connectivity index (χ1v) is 9.18. The summed E-state index contributed by atoms with van der Waals surface area (Å²) in [4.78, 5) is 15.1. The summed E-state index contributed by atoms with van der Waals surface area (Å²) in [6.45, 7) is 12.0.